The molecule has 1 aromatic rings. The molecule has 2 amide bonds. The third kappa shape index (κ3) is 3.55. The lowest BCUT2D eigenvalue weighted by Crippen LogP contribution is -2.57. The largest absolute Gasteiger partial charge is 0.395 e. The Morgan fingerprint density at radius 2 is 1.67 bits per heavy atom. The molecule has 5 fully saturated rings. The summed E-state index contributed by atoms with van der Waals surface area (Å²) in [7, 11) is 0. The van der Waals surface area contributed by atoms with Crippen LogP contribution in [0.25, 0.3) is 0 Å². The van der Waals surface area contributed by atoms with Gasteiger partial charge in [0.15, 0.2) is 0 Å². The molecule has 1 unspecified atom stereocenters. The highest BCUT2D eigenvalue weighted by Gasteiger charge is 2.57. The van der Waals surface area contributed by atoms with E-state index in [4.69, 9.17) is 0 Å². The fourth-order valence-electron chi connectivity index (χ4n) is 7.35. The molecule has 0 aromatic heterocycles. The lowest BCUT2D eigenvalue weighted by atomic mass is 9.49. The predicted octanol–water partition coefficient (Wildman–Crippen LogP) is 3.21. The summed E-state index contributed by atoms with van der Waals surface area (Å²) in [4.78, 5) is 31.0. The number of likely N-dealkylation sites (tertiary alicyclic amines) is 1. The van der Waals surface area contributed by atoms with Crippen LogP contribution in [0.4, 0.5) is 0 Å². The first kappa shape index (κ1) is 20.0. The van der Waals surface area contributed by atoms with Gasteiger partial charge in [-0.25, -0.2) is 0 Å². The normalized spacial score (nSPS) is 34.4. The van der Waals surface area contributed by atoms with Gasteiger partial charge in [0.1, 0.15) is 6.04 Å². The van der Waals surface area contributed by atoms with Crippen molar-refractivity contribution in [3.63, 3.8) is 0 Å². The van der Waals surface area contributed by atoms with Crippen molar-refractivity contribution in [3.8, 4) is 0 Å². The number of nitrogens with zero attached hydrogens (tertiary/aromatic N) is 2. The van der Waals surface area contributed by atoms with Crippen LogP contribution < -0.4 is 0 Å². The average molecular weight is 411 g/mol. The van der Waals surface area contributed by atoms with Gasteiger partial charge in [0, 0.05) is 19.6 Å². The van der Waals surface area contributed by atoms with Gasteiger partial charge >= 0.3 is 0 Å². The molecule has 4 bridgehead atoms. The van der Waals surface area contributed by atoms with Crippen LogP contribution in [-0.2, 0) is 16.1 Å². The topological polar surface area (TPSA) is 60.9 Å². The lowest BCUT2D eigenvalue weighted by molar-refractivity contribution is -0.162. The van der Waals surface area contributed by atoms with Crippen LogP contribution in [0, 0.1) is 23.2 Å². The second-order valence-corrected chi connectivity index (χ2v) is 10.3. The SMILES string of the molecule is O=C(C1CCCN1C(=O)C12CC3CC(CC(C3)C1)C2)N(CCO)Cc1ccccc1. The number of amides is 2. The fraction of sp³-hybridized carbons (Fsp3) is 0.680. The molecule has 0 spiro atoms. The summed E-state index contributed by atoms with van der Waals surface area (Å²) in [5, 5.41) is 9.56. The van der Waals surface area contributed by atoms with Gasteiger partial charge < -0.3 is 14.9 Å². The molecular formula is C25H34N2O3. The zero-order chi connectivity index (χ0) is 20.7. The number of carbonyl (C=O) groups excluding carboxylic acids is 2. The first-order valence-electron chi connectivity index (χ1n) is 11.8. The van der Waals surface area contributed by atoms with E-state index in [1.165, 1.54) is 19.3 Å². The minimum absolute atomic E-state index is 0.00322. The Hall–Kier alpha value is -1.88. The molecule has 4 aliphatic carbocycles. The zero-order valence-corrected chi connectivity index (χ0v) is 17.8. The highest BCUT2D eigenvalue weighted by molar-refractivity contribution is 5.91. The van der Waals surface area contributed by atoms with E-state index < -0.39 is 0 Å². The number of benzene rings is 1. The molecule has 6 rings (SSSR count). The Morgan fingerprint density at radius 3 is 2.27 bits per heavy atom. The molecule has 5 nitrogen and oxygen atoms in total. The summed E-state index contributed by atoms with van der Waals surface area (Å²) in [6.45, 7) is 1.43. The van der Waals surface area contributed by atoms with Gasteiger partial charge in [0.25, 0.3) is 0 Å². The highest BCUT2D eigenvalue weighted by Crippen LogP contribution is 2.60. The van der Waals surface area contributed by atoms with E-state index >= 15 is 0 Å². The molecule has 0 radical (unpaired) electrons. The van der Waals surface area contributed by atoms with Crippen molar-refractivity contribution in [2.24, 2.45) is 23.2 Å². The summed E-state index contributed by atoms with van der Waals surface area (Å²) >= 11 is 0. The molecule has 1 heterocycles. The molecule has 4 saturated carbocycles. The molecule has 162 valence electrons. The molecule has 30 heavy (non-hydrogen) atoms. The standard InChI is InChI=1S/C25H34N2O3/c28-10-9-26(17-18-5-2-1-3-6-18)23(29)22-7-4-8-27(22)24(30)25-14-19-11-20(15-25)13-21(12-19)16-25/h1-3,5-6,19-22,28H,4,7-17H2. The van der Waals surface area contributed by atoms with Crippen molar-refractivity contribution in [1.82, 2.24) is 9.80 Å². The molecular weight excluding hydrogens is 376 g/mol. The van der Waals surface area contributed by atoms with Gasteiger partial charge in [-0.1, -0.05) is 30.3 Å². The molecule has 1 aromatic carbocycles. The van der Waals surface area contributed by atoms with Crippen molar-refractivity contribution >= 4 is 11.8 Å². The molecule has 1 atom stereocenters. The van der Waals surface area contributed by atoms with Gasteiger partial charge in [-0.15, -0.1) is 0 Å². The molecule has 5 heteroatoms. The monoisotopic (exact) mass is 410 g/mol. The number of hydrogen-bond donors (Lipinski definition) is 1. The van der Waals surface area contributed by atoms with Crippen LogP contribution in [0.1, 0.15) is 56.9 Å². The van der Waals surface area contributed by atoms with Gasteiger partial charge in [-0.2, -0.15) is 0 Å². The van der Waals surface area contributed by atoms with E-state index in [2.05, 4.69) is 0 Å². The summed E-state index contributed by atoms with van der Waals surface area (Å²) in [5.74, 6) is 2.44. The zero-order valence-electron chi connectivity index (χ0n) is 17.8. The number of rotatable bonds is 6. The van der Waals surface area contributed by atoms with Crippen molar-refractivity contribution in [2.45, 2.75) is 64.0 Å². The first-order valence-corrected chi connectivity index (χ1v) is 11.8. The minimum atomic E-state index is -0.360. The summed E-state index contributed by atoms with van der Waals surface area (Å²) in [6.07, 6.45) is 8.71. The molecule has 5 aliphatic rings. The van der Waals surface area contributed by atoms with Gasteiger partial charge in [-0.05, 0) is 74.7 Å². The van der Waals surface area contributed by atoms with Crippen LogP contribution in [0.5, 0.6) is 0 Å². The summed E-state index contributed by atoms with van der Waals surface area (Å²) < 4.78 is 0. The Bertz CT molecular complexity index is 758. The highest BCUT2D eigenvalue weighted by atomic mass is 16.3. The second-order valence-electron chi connectivity index (χ2n) is 10.3. The summed E-state index contributed by atoms with van der Waals surface area (Å²) in [5.41, 5.74) is 0.857. The van der Waals surface area contributed by atoms with Gasteiger partial charge in [-0.3, -0.25) is 9.59 Å². The Balaban J connectivity index is 1.33. The van der Waals surface area contributed by atoms with Crippen molar-refractivity contribution in [1.29, 1.82) is 0 Å². The van der Waals surface area contributed by atoms with E-state index in [9.17, 15) is 14.7 Å². The smallest absolute Gasteiger partial charge is 0.245 e. The van der Waals surface area contributed by atoms with Gasteiger partial charge in [0.2, 0.25) is 11.8 Å². The Morgan fingerprint density at radius 1 is 1.03 bits per heavy atom. The molecule has 1 aliphatic heterocycles. The summed E-state index contributed by atoms with van der Waals surface area (Å²) in [6, 6.07) is 9.55. The number of hydrogen-bond acceptors (Lipinski definition) is 3. The van der Waals surface area contributed by atoms with E-state index in [1.54, 1.807) is 4.90 Å². The number of carbonyl (C=O) groups is 2. The van der Waals surface area contributed by atoms with Crippen LogP contribution in [-0.4, -0.2) is 52.5 Å². The van der Waals surface area contributed by atoms with Crippen LogP contribution in [0.15, 0.2) is 30.3 Å². The third-order valence-corrected chi connectivity index (χ3v) is 8.19. The minimum Gasteiger partial charge on any atom is -0.395 e. The van der Waals surface area contributed by atoms with Crippen molar-refractivity contribution in [3.05, 3.63) is 35.9 Å². The Labute approximate surface area is 179 Å². The predicted molar refractivity (Wildman–Crippen MR) is 114 cm³/mol. The van der Waals surface area contributed by atoms with Crippen LogP contribution in [0.2, 0.25) is 0 Å². The third-order valence-electron chi connectivity index (χ3n) is 8.19. The Kier molecular flexibility index (Phi) is 5.34. The van der Waals surface area contributed by atoms with E-state index in [0.717, 1.165) is 55.4 Å². The quantitative estimate of drug-likeness (QED) is 0.783. The van der Waals surface area contributed by atoms with Crippen LogP contribution in [0.3, 0.4) is 0 Å². The number of aliphatic hydroxyl groups is 1. The molecule has 1 N–H and O–H groups in total. The van der Waals surface area contributed by atoms with E-state index in [0.29, 0.717) is 19.6 Å². The van der Waals surface area contributed by atoms with Crippen molar-refractivity contribution < 1.29 is 14.7 Å². The van der Waals surface area contributed by atoms with Gasteiger partial charge in [0.05, 0.1) is 12.0 Å². The average Bonchev–Trinajstić information content (AvgIpc) is 3.22. The van der Waals surface area contributed by atoms with E-state index in [-0.39, 0.29) is 29.9 Å². The maximum Gasteiger partial charge on any atom is 0.245 e. The maximum atomic E-state index is 13.9. The number of aliphatic hydroxyl groups excluding tert-OH is 1. The lowest BCUT2D eigenvalue weighted by Gasteiger charge is -2.56. The first-order chi connectivity index (χ1) is 14.6. The molecule has 1 saturated heterocycles. The van der Waals surface area contributed by atoms with E-state index in [1.807, 2.05) is 35.2 Å². The maximum absolute atomic E-state index is 13.9. The fourth-order valence-corrected chi connectivity index (χ4v) is 7.35. The second kappa shape index (κ2) is 7.99. The van der Waals surface area contributed by atoms with Crippen molar-refractivity contribution in [2.75, 3.05) is 19.7 Å². The van der Waals surface area contributed by atoms with Crippen LogP contribution >= 0.6 is 0 Å².